The molecule has 3 heterocycles. The Morgan fingerprint density at radius 3 is 2.28 bits per heavy atom. The van der Waals surface area contributed by atoms with Crippen molar-refractivity contribution in [3.63, 3.8) is 0 Å². The molecular formula is C28H32N4O6S. The molecule has 0 saturated carbocycles. The first-order valence-corrected chi connectivity index (χ1v) is 14.4. The Morgan fingerprint density at radius 2 is 1.64 bits per heavy atom. The highest BCUT2D eigenvalue weighted by Crippen LogP contribution is 2.53. The molecule has 0 aromatic heterocycles. The first-order valence-electron chi connectivity index (χ1n) is 13.0. The van der Waals surface area contributed by atoms with Gasteiger partial charge in [0.05, 0.1) is 10.5 Å². The van der Waals surface area contributed by atoms with E-state index in [1.54, 1.807) is 31.3 Å². The molecule has 10 nitrogen and oxygen atoms in total. The lowest BCUT2D eigenvalue weighted by molar-refractivity contribution is -0.143. The maximum atomic E-state index is 14.0. The van der Waals surface area contributed by atoms with Gasteiger partial charge in [0.1, 0.15) is 5.76 Å². The number of aliphatic hydroxyl groups excluding tert-OH is 1. The predicted molar refractivity (Wildman–Crippen MR) is 145 cm³/mol. The maximum Gasteiger partial charge on any atom is 0.296 e. The molecule has 11 heteroatoms. The second kappa shape index (κ2) is 9.89. The monoisotopic (exact) mass is 552 g/mol. The first-order chi connectivity index (χ1) is 18.5. The summed E-state index contributed by atoms with van der Waals surface area (Å²) in [5.74, 6) is -2.85. The van der Waals surface area contributed by atoms with Gasteiger partial charge < -0.3 is 19.8 Å². The summed E-state index contributed by atoms with van der Waals surface area (Å²) in [6.07, 6.45) is 2.11. The summed E-state index contributed by atoms with van der Waals surface area (Å²) >= 11 is 0. The van der Waals surface area contributed by atoms with Crippen LogP contribution in [0.4, 0.5) is 5.69 Å². The van der Waals surface area contributed by atoms with Gasteiger partial charge in [-0.05, 0) is 70.2 Å². The first kappa shape index (κ1) is 27.0. The summed E-state index contributed by atoms with van der Waals surface area (Å²) in [6.45, 7) is 1.66. The number of anilines is 1. The Balaban J connectivity index is 1.65. The van der Waals surface area contributed by atoms with E-state index in [-0.39, 0.29) is 22.6 Å². The molecule has 2 aromatic carbocycles. The zero-order chi connectivity index (χ0) is 28.1. The van der Waals surface area contributed by atoms with E-state index < -0.39 is 38.9 Å². The Morgan fingerprint density at radius 1 is 1.00 bits per heavy atom. The van der Waals surface area contributed by atoms with E-state index in [0.717, 1.165) is 12.8 Å². The van der Waals surface area contributed by atoms with Crippen molar-refractivity contribution in [2.45, 2.75) is 29.7 Å². The number of amides is 2. The lowest BCUT2D eigenvalue weighted by Gasteiger charge is -2.34. The number of benzene rings is 2. The van der Waals surface area contributed by atoms with Gasteiger partial charge >= 0.3 is 0 Å². The second-order valence-electron chi connectivity index (χ2n) is 10.4. The number of hydrogen-bond donors (Lipinski definition) is 1. The molecule has 39 heavy (non-hydrogen) atoms. The van der Waals surface area contributed by atoms with Crippen LogP contribution in [0.25, 0.3) is 5.76 Å². The Kier molecular flexibility index (Phi) is 6.86. The van der Waals surface area contributed by atoms with Crippen molar-refractivity contribution in [3.05, 3.63) is 65.2 Å². The van der Waals surface area contributed by atoms with Crippen LogP contribution in [0.2, 0.25) is 0 Å². The number of ketones is 1. The number of rotatable bonds is 7. The van der Waals surface area contributed by atoms with Gasteiger partial charge in [0.25, 0.3) is 17.6 Å². The average molecular weight is 553 g/mol. The summed E-state index contributed by atoms with van der Waals surface area (Å²) in [4.78, 5) is 45.7. The minimum absolute atomic E-state index is 0.0711. The maximum absolute atomic E-state index is 14.0. The van der Waals surface area contributed by atoms with Crippen LogP contribution in [0.3, 0.4) is 0 Å². The third-order valence-electron chi connectivity index (χ3n) is 7.76. The van der Waals surface area contributed by atoms with E-state index in [2.05, 4.69) is 0 Å². The highest BCUT2D eigenvalue weighted by atomic mass is 32.2. The number of Topliss-reactive ketones (excluding diaryl/α,β-unsaturated/α-hetero) is 1. The summed E-state index contributed by atoms with van der Waals surface area (Å²) in [5.41, 5.74) is -1.01. The number of carbonyl (C=O) groups is 3. The third kappa shape index (κ3) is 4.07. The Hall–Kier alpha value is -3.54. The molecule has 0 radical (unpaired) electrons. The summed E-state index contributed by atoms with van der Waals surface area (Å²) < 4.78 is 27.4. The fourth-order valence-corrected chi connectivity index (χ4v) is 7.34. The predicted octanol–water partition coefficient (Wildman–Crippen LogP) is 1.98. The summed E-state index contributed by atoms with van der Waals surface area (Å²) in [5, 5.41) is 11.5. The largest absolute Gasteiger partial charge is 0.507 e. The topological polar surface area (TPSA) is 119 Å². The van der Waals surface area contributed by atoms with Crippen LogP contribution < -0.4 is 4.90 Å². The molecule has 5 rings (SSSR count). The molecule has 2 fully saturated rings. The molecule has 2 amide bonds. The van der Waals surface area contributed by atoms with Crippen molar-refractivity contribution in [2.24, 2.45) is 0 Å². The Bertz CT molecular complexity index is 1480. The number of carbonyl (C=O) groups excluding carboxylic acids is 3. The fourth-order valence-electron chi connectivity index (χ4n) is 5.82. The number of para-hydroxylation sites is 1. The molecule has 3 aliphatic rings. The van der Waals surface area contributed by atoms with Crippen molar-refractivity contribution in [3.8, 4) is 0 Å². The number of hydrogen-bond acceptors (Lipinski definition) is 7. The molecule has 3 aliphatic heterocycles. The number of likely N-dealkylation sites (N-methyl/N-ethyl adjacent to an activating group) is 1. The zero-order valence-corrected chi connectivity index (χ0v) is 23.1. The van der Waals surface area contributed by atoms with Gasteiger partial charge in [0.2, 0.25) is 10.0 Å². The highest BCUT2D eigenvalue weighted by molar-refractivity contribution is 7.89. The van der Waals surface area contributed by atoms with Gasteiger partial charge in [-0.3, -0.25) is 14.4 Å². The van der Waals surface area contributed by atoms with Gasteiger partial charge in [-0.25, -0.2) is 8.42 Å². The minimum Gasteiger partial charge on any atom is -0.507 e. The molecule has 1 atom stereocenters. The zero-order valence-electron chi connectivity index (χ0n) is 22.3. The molecule has 1 spiro atoms. The second-order valence-corrected chi connectivity index (χ2v) is 12.3. The van der Waals surface area contributed by atoms with Crippen LogP contribution in [-0.4, -0.2) is 92.5 Å². The standard InChI is InChI=1S/C28H32N4O6S/c1-29(2)15-8-18-32-26(35)25(34)23(28(32)21-9-4-5-10-22(21)30(3)27(28)36)24(33)19-11-13-20(14-12-19)39(37,38)31-16-6-7-17-31/h4-5,9-14,33H,6-8,15-18H2,1-3H3. The average Bonchev–Trinajstić information content (AvgIpc) is 3.60. The normalized spacial score (nSPS) is 23.0. The molecule has 206 valence electrons. The molecule has 1 unspecified atom stereocenters. The van der Waals surface area contributed by atoms with E-state index in [0.29, 0.717) is 37.3 Å². The van der Waals surface area contributed by atoms with Gasteiger partial charge in [0, 0.05) is 43.5 Å². The number of nitrogens with zero attached hydrogens (tertiary/aromatic N) is 4. The van der Waals surface area contributed by atoms with Crippen LogP contribution in [0.5, 0.6) is 0 Å². The van der Waals surface area contributed by atoms with E-state index in [1.165, 1.54) is 38.4 Å². The minimum atomic E-state index is -3.68. The SMILES string of the molecule is CN(C)CCCN1C(=O)C(=O)C(=C(O)c2ccc(S(=O)(=O)N3CCCC3)cc2)C12C(=O)N(C)c1ccccc12. The van der Waals surface area contributed by atoms with Crippen LogP contribution >= 0.6 is 0 Å². The lowest BCUT2D eigenvalue weighted by Crippen LogP contribution is -2.51. The highest BCUT2D eigenvalue weighted by Gasteiger charge is 2.66. The van der Waals surface area contributed by atoms with Crippen molar-refractivity contribution in [2.75, 3.05) is 52.2 Å². The summed E-state index contributed by atoms with van der Waals surface area (Å²) in [6, 6.07) is 12.5. The van der Waals surface area contributed by atoms with E-state index in [4.69, 9.17) is 0 Å². The van der Waals surface area contributed by atoms with Crippen molar-refractivity contribution >= 4 is 39.1 Å². The number of likely N-dealkylation sites (tertiary alicyclic amines) is 1. The van der Waals surface area contributed by atoms with E-state index >= 15 is 0 Å². The van der Waals surface area contributed by atoms with Crippen LogP contribution in [-0.2, 0) is 29.9 Å². The van der Waals surface area contributed by atoms with Gasteiger partial charge in [-0.1, -0.05) is 18.2 Å². The van der Waals surface area contributed by atoms with E-state index in [1.807, 2.05) is 19.0 Å². The van der Waals surface area contributed by atoms with Crippen LogP contribution in [0.15, 0.2) is 59.0 Å². The van der Waals surface area contributed by atoms with E-state index in [9.17, 15) is 27.9 Å². The number of fused-ring (bicyclic) bond motifs is 2. The number of aliphatic hydroxyl groups is 1. The fraction of sp³-hybridized carbons (Fsp3) is 0.393. The molecule has 0 aliphatic carbocycles. The van der Waals surface area contributed by atoms with Crippen molar-refractivity contribution in [1.82, 2.24) is 14.1 Å². The smallest absolute Gasteiger partial charge is 0.296 e. The molecule has 1 N–H and O–H groups in total. The summed E-state index contributed by atoms with van der Waals surface area (Å²) in [7, 11) is 1.68. The van der Waals surface area contributed by atoms with Crippen molar-refractivity contribution < 1.29 is 27.9 Å². The lowest BCUT2D eigenvalue weighted by atomic mass is 9.82. The quantitative estimate of drug-likeness (QED) is 0.317. The van der Waals surface area contributed by atoms with Gasteiger partial charge in [-0.15, -0.1) is 0 Å². The third-order valence-corrected chi connectivity index (χ3v) is 9.67. The number of sulfonamides is 1. The molecular weight excluding hydrogens is 520 g/mol. The molecule has 2 aromatic rings. The van der Waals surface area contributed by atoms with Crippen LogP contribution in [0, 0.1) is 0 Å². The van der Waals surface area contributed by atoms with Gasteiger partial charge in [0.15, 0.2) is 5.54 Å². The molecule has 0 bridgehead atoms. The Labute approximate surface area is 228 Å². The van der Waals surface area contributed by atoms with Crippen molar-refractivity contribution in [1.29, 1.82) is 0 Å². The van der Waals surface area contributed by atoms with Crippen LogP contribution in [0.1, 0.15) is 30.4 Å². The molecule has 2 saturated heterocycles. The van der Waals surface area contributed by atoms with Gasteiger partial charge in [-0.2, -0.15) is 4.31 Å².